The van der Waals surface area contributed by atoms with E-state index in [1.54, 1.807) is 27.7 Å². The topological polar surface area (TPSA) is 96.0 Å². The molecule has 0 aromatic heterocycles. The highest BCUT2D eigenvalue weighted by Crippen LogP contribution is 2.20. The number of hydrogen-bond donors (Lipinski definition) is 2. The van der Waals surface area contributed by atoms with Gasteiger partial charge in [-0.05, 0) is 27.2 Å². The average molecular weight is 225 g/mol. The second-order valence-corrected chi connectivity index (χ2v) is 4.73. The van der Waals surface area contributed by atoms with Crippen LogP contribution in [0.2, 0.25) is 0 Å². The summed E-state index contributed by atoms with van der Waals surface area (Å²) in [6.07, 6.45) is 0.423. The van der Waals surface area contributed by atoms with Crippen molar-refractivity contribution in [2.45, 2.75) is 34.1 Å². The molecule has 0 radical (unpaired) electrons. The summed E-state index contributed by atoms with van der Waals surface area (Å²) in [5.74, 6) is -0.852. The van der Waals surface area contributed by atoms with Crippen molar-refractivity contribution in [1.82, 2.24) is 5.32 Å². The Balaban J connectivity index is 4.51. The number of hydrogen-bond acceptors (Lipinski definition) is 3. The predicted molar refractivity (Wildman–Crippen MR) is 60.0 cm³/mol. The monoisotopic (exact) mass is 225 g/mol. The van der Waals surface area contributed by atoms with Crippen LogP contribution in [0.3, 0.4) is 0 Å². The number of nitrogens with two attached hydrogens (primary N) is 1. The molecule has 0 aromatic carbocycles. The van der Waals surface area contributed by atoms with Gasteiger partial charge in [0.25, 0.3) is 0 Å². The van der Waals surface area contributed by atoms with Crippen LogP contribution in [-0.4, -0.2) is 18.4 Å². The van der Waals surface area contributed by atoms with E-state index in [1.165, 1.54) is 0 Å². The van der Waals surface area contributed by atoms with Crippen LogP contribution >= 0.6 is 0 Å². The Kier molecular flexibility index (Phi) is 4.48. The van der Waals surface area contributed by atoms with Crippen molar-refractivity contribution in [3.8, 4) is 6.07 Å². The minimum absolute atomic E-state index is 0.137. The molecule has 0 heterocycles. The van der Waals surface area contributed by atoms with Crippen molar-refractivity contribution >= 4 is 11.8 Å². The zero-order chi connectivity index (χ0) is 13.0. The molecule has 90 valence electrons. The Morgan fingerprint density at radius 1 is 1.38 bits per heavy atom. The third-order valence-electron chi connectivity index (χ3n) is 2.81. The van der Waals surface area contributed by atoms with Crippen LogP contribution in [-0.2, 0) is 9.59 Å². The van der Waals surface area contributed by atoms with E-state index in [1.807, 2.05) is 6.07 Å². The van der Waals surface area contributed by atoms with Crippen molar-refractivity contribution in [3.63, 3.8) is 0 Å². The zero-order valence-electron chi connectivity index (χ0n) is 10.3. The Labute approximate surface area is 96.0 Å². The van der Waals surface area contributed by atoms with Gasteiger partial charge in [-0.1, -0.05) is 6.92 Å². The molecular weight excluding hydrogens is 206 g/mol. The van der Waals surface area contributed by atoms with Crippen LogP contribution in [0.4, 0.5) is 0 Å². The molecule has 0 aromatic rings. The lowest BCUT2D eigenvalue weighted by atomic mass is 9.87. The molecule has 5 heteroatoms. The second kappa shape index (κ2) is 4.97. The van der Waals surface area contributed by atoms with Gasteiger partial charge in [-0.2, -0.15) is 5.26 Å². The molecule has 0 saturated heterocycles. The second-order valence-electron chi connectivity index (χ2n) is 4.73. The van der Waals surface area contributed by atoms with Gasteiger partial charge in [0.15, 0.2) is 0 Å². The lowest BCUT2D eigenvalue weighted by molar-refractivity contribution is -0.130. The summed E-state index contributed by atoms with van der Waals surface area (Å²) < 4.78 is 0. The van der Waals surface area contributed by atoms with Gasteiger partial charge in [0.2, 0.25) is 11.8 Å². The summed E-state index contributed by atoms with van der Waals surface area (Å²) in [4.78, 5) is 22.7. The summed E-state index contributed by atoms with van der Waals surface area (Å²) in [7, 11) is 0. The maximum Gasteiger partial charge on any atom is 0.240 e. The van der Waals surface area contributed by atoms with Crippen LogP contribution in [0.1, 0.15) is 34.1 Å². The van der Waals surface area contributed by atoms with Gasteiger partial charge in [-0.25, -0.2) is 0 Å². The Morgan fingerprint density at radius 2 is 1.88 bits per heavy atom. The first-order valence-electron chi connectivity index (χ1n) is 5.19. The van der Waals surface area contributed by atoms with Gasteiger partial charge < -0.3 is 11.1 Å². The van der Waals surface area contributed by atoms with Crippen LogP contribution < -0.4 is 11.1 Å². The Hall–Kier alpha value is -1.57. The normalized spacial score (nSPS) is 14.7. The first kappa shape index (κ1) is 14.4. The quantitative estimate of drug-likeness (QED) is 0.715. The van der Waals surface area contributed by atoms with Gasteiger partial charge in [-0.15, -0.1) is 0 Å². The Morgan fingerprint density at radius 3 is 2.19 bits per heavy atom. The highest BCUT2D eigenvalue weighted by Gasteiger charge is 2.33. The molecule has 3 N–H and O–H groups in total. The largest absolute Gasteiger partial charge is 0.369 e. The Bertz CT molecular complexity index is 331. The fourth-order valence-electron chi connectivity index (χ4n) is 0.874. The van der Waals surface area contributed by atoms with Crippen LogP contribution in [0.15, 0.2) is 0 Å². The fraction of sp³-hybridized carbons (Fsp3) is 0.727. The first-order chi connectivity index (χ1) is 7.19. The van der Waals surface area contributed by atoms with Gasteiger partial charge >= 0.3 is 0 Å². The molecule has 0 aliphatic rings. The molecular formula is C11H19N3O2. The molecule has 0 fully saturated rings. The standard InChI is InChI=1S/C11H19N3O2/c1-5-11(4,6-12)9(16)14-7-10(2,3)8(13)15/h5,7H2,1-4H3,(H2,13,15)(H,14,16). The number of carbonyl (C=O) groups excluding carboxylic acids is 2. The van der Waals surface area contributed by atoms with E-state index in [0.29, 0.717) is 6.42 Å². The van der Waals surface area contributed by atoms with Crippen molar-refractivity contribution < 1.29 is 9.59 Å². The third-order valence-corrected chi connectivity index (χ3v) is 2.81. The van der Waals surface area contributed by atoms with Crippen molar-refractivity contribution in [1.29, 1.82) is 5.26 Å². The minimum Gasteiger partial charge on any atom is -0.369 e. The van der Waals surface area contributed by atoms with Gasteiger partial charge in [0, 0.05) is 6.54 Å². The molecule has 16 heavy (non-hydrogen) atoms. The molecule has 2 amide bonds. The van der Waals surface area contributed by atoms with E-state index in [9.17, 15) is 9.59 Å². The summed E-state index contributed by atoms with van der Waals surface area (Å²) >= 11 is 0. The van der Waals surface area contributed by atoms with Crippen LogP contribution in [0, 0.1) is 22.2 Å². The average Bonchev–Trinajstić information content (AvgIpc) is 2.24. The van der Waals surface area contributed by atoms with Crippen molar-refractivity contribution in [2.24, 2.45) is 16.6 Å². The maximum absolute atomic E-state index is 11.7. The summed E-state index contributed by atoms with van der Waals surface area (Å²) in [6, 6.07) is 1.97. The van der Waals surface area contributed by atoms with Crippen LogP contribution in [0.5, 0.6) is 0 Å². The van der Waals surface area contributed by atoms with E-state index >= 15 is 0 Å². The van der Waals surface area contributed by atoms with E-state index in [2.05, 4.69) is 5.32 Å². The highest BCUT2D eigenvalue weighted by atomic mass is 16.2. The predicted octanol–water partition coefficient (Wildman–Crippen LogP) is 0.554. The van der Waals surface area contributed by atoms with E-state index in [4.69, 9.17) is 11.0 Å². The van der Waals surface area contributed by atoms with E-state index in [0.717, 1.165) is 0 Å². The first-order valence-corrected chi connectivity index (χ1v) is 5.19. The number of rotatable bonds is 5. The number of amides is 2. The molecule has 5 nitrogen and oxygen atoms in total. The molecule has 1 atom stereocenters. The van der Waals surface area contributed by atoms with Crippen molar-refractivity contribution in [2.75, 3.05) is 6.54 Å². The zero-order valence-corrected chi connectivity index (χ0v) is 10.3. The summed E-state index contributed by atoms with van der Waals surface area (Å²) in [5, 5.41) is 11.5. The number of primary amides is 1. The van der Waals surface area contributed by atoms with Gasteiger partial charge in [0.1, 0.15) is 5.41 Å². The number of nitrogens with zero attached hydrogens (tertiary/aromatic N) is 1. The lowest BCUT2D eigenvalue weighted by Crippen LogP contribution is -2.46. The van der Waals surface area contributed by atoms with Gasteiger partial charge in [0.05, 0.1) is 11.5 Å². The summed E-state index contributed by atoms with van der Waals surface area (Å²) in [6.45, 7) is 6.76. The van der Waals surface area contributed by atoms with Gasteiger partial charge in [-0.3, -0.25) is 9.59 Å². The molecule has 0 bridgehead atoms. The van der Waals surface area contributed by atoms with E-state index < -0.39 is 16.7 Å². The fourth-order valence-corrected chi connectivity index (χ4v) is 0.874. The number of nitrogens with one attached hydrogen (secondary N) is 1. The molecule has 0 aliphatic carbocycles. The molecule has 1 unspecified atom stereocenters. The smallest absolute Gasteiger partial charge is 0.240 e. The van der Waals surface area contributed by atoms with Crippen LogP contribution in [0.25, 0.3) is 0 Å². The summed E-state index contributed by atoms with van der Waals surface area (Å²) in [5.41, 5.74) is 3.32. The number of carbonyl (C=O) groups is 2. The molecule has 0 saturated carbocycles. The van der Waals surface area contributed by atoms with Crippen molar-refractivity contribution in [3.05, 3.63) is 0 Å². The molecule has 0 aliphatic heterocycles. The maximum atomic E-state index is 11.7. The highest BCUT2D eigenvalue weighted by molar-refractivity contribution is 5.86. The number of nitriles is 1. The van der Waals surface area contributed by atoms with E-state index in [-0.39, 0.29) is 12.5 Å². The minimum atomic E-state index is -1.05. The SMILES string of the molecule is CCC(C)(C#N)C(=O)NCC(C)(C)C(N)=O. The lowest BCUT2D eigenvalue weighted by Gasteiger charge is -2.24. The molecule has 0 spiro atoms. The molecule has 0 rings (SSSR count). The third kappa shape index (κ3) is 3.23.